The van der Waals surface area contributed by atoms with Crippen LogP contribution in [-0.4, -0.2) is 26.8 Å². The van der Waals surface area contributed by atoms with E-state index >= 15 is 0 Å². The first kappa shape index (κ1) is 12.9. The molecule has 0 heterocycles. The van der Waals surface area contributed by atoms with Gasteiger partial charge in [-0.15, -0.1) is 0 Å². The van der Waals surface area contributed by atoms with Gasteiger partial charge in [-0.2, -0.15) is 0 Å². The van der Waals surface area contributed by atoms with E-state index in [1.54, 1.807) is 7.11 Å². The first-order valence-corrected chi connectivity index (χ1v) is 5.45. The second-order valence-corrected chi connectivity index (χ2v) is 3.79. The predicted molar refractivity (Wildman–Crippen MR) is 58.0 cm³/mol. The van der Waals surface area contributed by atoms with Crippen LogP contribution in [0.3, 0.4) is 0 Å². The molecule has 0 saturated heterocycles. The van der Waals surface area contributed by atoms with Crippen LogP contribution in [0.2, 0.25) is 0 Å². The fourth-order valence-corrected chi connectivity index (χ4v) is 1.69. The Kier molecular flexibility index (Phi) is 8.46. The maximum atomic E-state index is 5.18. The molecule has 2 heteroatoms. The topological polar surface area (TPSA) is 21.3 Å². The Hall–Kier alpha value is -0.0800. The van der Waals surface area contributed by atoms with Gasteiger partial charge in [0.05, 0.1) is 0 Å². The third kappa shape index (κ3) is 6.05. The maximum Gasteiger partial charge on any atom is 0.0490 e. The fourth-order valence-electron chi connectivity index (χ4n) is 1.69. The molecule has 0 amide bonds. The molecule has 0 saturated carbocycles. The van der Waals surface area contributed by atoms with Gasteiger partial charge in [0.1, 0.15) is 0 Å². The summed E-state index contributed by atoms with van der Waals surface area (Å²) in [6.07, 6.45) is 2.57. The fraction of sp³-hybridized carbons (Fsp3) is 1.00. The molecule has 0 rings (SSSR count). The van der Waals surface area contributed by atoms with Crippen molar-refractivity contribution in [2.75, 3.05) is 26.8 Å². The number of hydrogen-bond acceptors (Lipinski definition) is 2. The van der Waals surface area contributed by atoms with E-state index < -0.39 is 0 Å². The predicted octanol–water partition coefficient (Wildman–Crippen LogP) is 2.29. The monoisotopic (exact) mass is 187 g/mol. The van der Waals surface area contributed by atoms with Gasteiger partial charge in [0.2, 0.25) is 0 Å². The Balaban J connectivity index is 3.75. The number of methoxy groups -OCH3 is 1. The van der Waals surface area contributed by atoms with Gasteiger partial charge >= 0.3 is 0 Å². The van der Waals surface area contributed by atoms with Crippen molar-refractivity contribution in [3.8, 4) is 0 Å². The quantitative estimate of drug-likeness (QED) is 0.629. The van der Waals surface area contributed by atoms with Crippen LogP contribution in [0.5, 0.6) is 0 Å². The van der Waals surface area contributed by atoms with Gasteiger partial charge in [0, 0.05) is 13.7 Å². The van der Waals surface area contributed by atoms with Crippen LogP contribution in [0.1, 0.15) is 33.6 Å². The Morgan fingerprint density at radius 1 is 1.31 bits per heavy atom. The number of ether oxygens (including phenoxy) is 1. The molecule has 0 aromatic rings. The lowest BCUT2D eigenvalue weighted by atomic mass is 9.90. The summed E-state index contributed by atoms with van der Waals surface area (Å²) in [6.45, 7) is 9.77. The molecule has 13 heavy (non-hydrogen) atoms. The minimum Gasteiger partial charge on any atom is -0.384 e. The molecule has 0 bridgehead atoms. The normalized spacial score (nSPS) is 15.7. The molecule has 2 atom stereocenters. The van der Waals surface area contributed by atoms with Crippen LogP contribution in [0.15, 0.2) is 0 Å². The summed E-state index contributed by atoms with van der Waals surface area (Å²) in [5.74, 6) is 1.44. The standard InChI is InChI=1S/C11H25NO/c1-5-7-11(8-12-6-2)10(3)9-13-4/h10-12H,5-9H2,1-4H3. The third-order valence-corrected chi connectivity index (χ3v) is 2.55. The summed E-state index contributed by atoms with van der Waals surface area (Å²) < 4.78 is 5.18. The second kappa shape index (κ2) is 8.52. The number of rotatable bonds is 8. The molecular weight excluding hydrogens is 162 g/mol. The lowest BCUT2D eigenvalue weighted by molar-refractivity contribution is 0.125. The highest BCUT2D eigenvalue weighted by Gasteiger charge is 2.15. The Morgan fingerprint density at radius 3 is 2.46 bits per heavy atom. The van der Waals surface area contributed by atoms with Gasteiger partial charge < -0.3 is 10.1 Å². The zero-order chi connectivity index (χ0) is 10.1. The van der Waals surface area contributed by atoms with Crippen molar-refractivity contribution < 1.29 is 4.74 Å². The minimum atomic E-state index is 0.670. The van der Waals surface area contributed by atoms with Gasteiger partial charge in [-0.25, -0.2) is 0 Å². The van der Waals surface area contributed by atoms with Crippen LogP contribution >= 0.6 is 0 Å². The first-order valence-electron chi connectivity index (χ1n) is 5.45. The zero-order valence-corrected chi connectivity index (χ0v) is 9.60. The molecule has 2 unspecified atom stereocenters. The van der Waals surface area contributed by atoms with Crippen LogP contribution in [0.25, 0.3) is 0 Å². The third-order valence-electron chi connectivity index (χ3n) is 2.55. The van der Waals surface area contributed by atoms with Crippen LogP contribution in [0.4, 0.5) is 0 Å². The molecule has 2 nitrogen and oxygen atoms in total. The van der Waals surface area contributed by atoms with E-state index in [4.69, 9.17) is 4.74 Å². The Bertz CT molecular complexity index is 106. The summed E-state index contributed by atoms with van der Waals surface area (Å²) >= 11 is 0. The zero-order valence-electron chi connectivity index (χ0n) is 9.60. The summed E-state index contributed by atoms with van der Waals surface area (Å²) in [4.78, 5) is 0. The molecule has 0 aliphatic carbocycles. The molecule has 1 N–H and O–H groups in total. The van der Waals surface area contributed by atoms with E-state index in [9.17, 15) is 0 Å². The lowest BCUT2D eigenvalue weighted by Crippen LogP contribution is -2.28. The van der Waals surface area contributed by atoms with Crippen LogP contribution in [0, 0.1) is 11.8 Å². The summed E-state index contributed by atoms with van der Waals surface area (Å²) in [6, 6.07) is 0. The van der Waals surface area contributed by atoms with Gasteiger partial charge in [0.15, 0.2) is 0 Å². The molecule has 0 aliphatic heterocycles. The summed E-state index contributed by atoms with van der Waals surface area (Å²) in [7, 11) is 1.78. The summed E-state index contributed by atoms with van der Waals surface area (Å²) in [5, 5.41) is 3.42. The SMILES string of the molecule is CCCC(CNCC)C(C)COC. The Labute approximate surface area is 83.1 Å². The Morgan fingerprint density at radius 2 is 2.00 bits per heavy atom. The molecule has 0 aromatic heterocycles. The highest BCUT2D eigenvalue weighted by molar-refractivity contribution is 4.68. The molecular formula is C11H25NO. The van der Waals surface area contributed by atoms with Gasteiger partial charge in [0.25, 0.3) is 0 Å². The van der Waals surface area contributed by atoms with E-state index in [0.29, 0.717) is 5.92 Å². The van der Waals surface area contributed by atoms with Crippen molar-refractivity contribution in [1.82, 2.24) is 5.32 Å². The highest BCUT2D eigenvalue weighted by atomic mass is 16.5. The van der Waals surface area contributed by atoms with Crippen LogP contribution in [-0.2, 0) is 4.74 Å². The van der Waals surface area contributed by atoms with E-state index in [0.717, 1.165) is 25.6 Å². The van der Waals surface area contributed by atoms with E-state index in [-0.39, 0.29) is 0 Å². The molecule has 0 spiro atoms. The average Bonchev–Trinajstić information content (AvgIpc) is 2.12. The van der Waals surface area contributed by atoms with E-state index in [2.05, 4.69) is 26.1 Å². The van der Waals surface area contributed by atoms with Crippen molar-refractivity contribution in [1.29, 1.82) is 0 Å². The molecule has 0 aromatic carbocycles. The molecule has 0 radical (unpaired) electrons. The van der Waals surface area contributed by atoms with Gasteiger partial charge in [-0.1, -0.05) is 27.2 Å². The van der Waals surface area contributed by atoms with Gasteiger partial charge in [-0.05, 0) is 31.3 Å². The number of nitrogens with one attached hydrogen (secondary N) is 1. The van der Waals surface area contributed by atoms with Crippen molar-refractivity contribution in [2.45, 2.75) is 33.6 Å². The molecule has 0 fully saturated rings. The van der Waals surface area contributed by atoms with E-state index in [1.807, 2.05) is 0 Å². The minimum absolute atomic E-state index is 0.670. The lowest BCUT2D eigenvalue weighted by Gasteiger charge is -2.23. The van der Waals surface area contributed by atoms with Gasteiger partial charge in [-0.3, -0.25) is 0 Å². The number of hydrogen-bond donors (Lipinski definition) is 1. The molecule has 0 aliphatic rings. The summed E-state index contributed by atoms with van der Waals surface area (Å²) in [5.41, 5.74) is 0. The van der Waals surface area contributed by atoms with Crippen molar-refractivity contribution in [2.24, 2.45) is 11.8 Å². The van der Waals surface area contributed by atoms with Crippen molar-refractivity contribution in [3.63, 3.8) is 0 Å². The second-order valence-electron chi connectivity index (χ2n) is 3.79. The largest absolute Gasteiger partial charge is 0.384 e. The van der Waals surface area contributed by atoms with Crippen LogP contribution < -0.4 is 5.32 Å². The van der Waals surface area contributed by atoms with Crippen molar-refractivity contribution in [3.05, 3.63) is 0 Å². The van der Waals surface area contributed by atoms with E-state index in [1.165, 1.54) is 12.8 Å². The highest BCUT2D eigenvalue weighted by Crippen LogP contribution is 2.16. The van der Waals surface area contributed by atoms with Crippen molar-refractivity contribution >= 4 is 0 Å². The molecule has 80 valence electrons. The maximum absolute atomic E-state index is 5.18. The average molecular weight is 187 g/mol. The first-order chi connectivity index (χ1) is 6.26. The smallest absolute Gasteiger partial charge is 0.0490 e.